The van der Waals surface area contributed by atoms with E-state index in [2.05, 4.69) is 44.2 Å². The lowest BCUT2D eigenvalue weighted by molar-refractivity contribution is 0.549. The first-order valence-corrected chi connectivity index (χ1v) is 12.1. The van der Waals surface area contributed by atoms with E-state index < -0.39 is 0 Å². The highest BCUT2D eigenvalue weighted by molar-refractivity contribution is 7.80. The van der Waals surface area contributed by atoms with E-state index in [-0.39, 0.29) is 12.1 Å². The van der Waals surface area contributed by atoms with Crippen LogP contribution in [-0.2, 0) is 0 Å². The molecular weight excluding hydrogens is 470 g/mol. The van der Waals surface area contributed by atoms with Gasteiger partial charge in [-0.25, -0.2) is 4.98 Å². The average molecular weight is 488 g/mol. The zero-order valence-corrected chi connectivity index (χ0v) is 19.7. The standard InChI is InChI=1S/C25H18ClN5S2/c26-16-10-12-17(13-11-16)31-23(22(29-24(31)32)19-7-3-4-14-27-19)20-8-5-15-30(20)25-28-18-6-1-2-9-21(18)33-25/h1-15,22-23H,(H,29,32)/t22-,23-/m0/s1. The van der Waals surface area contributed by atoms with Gasteiger partial charge in [0.05, 0.1) is 27.6 Å². The van der Waals surface area contributed by atoms with E-state index >= 15 is 0 Å². The number of aromatic nitrogens is 3. The Balaban J connectivity index is 1.51. The first kappa shape index (κ1) is 20.4. The molecule has 1 fully saturated rings. The van der Waals surface area contributed by atoms with Crippen LogP contribution >= 0.6 is 35.2 Å². The van der Waals surface area contributed by atoms with E-state index in [1.54, 1.807) is 11.3 Å². The Labute approximate surface area is 205 Å². The van der Waals surface area contributed by atoms with Crippen molar-refractivity contribution < 1.29 is 0 Å². The number of rotatable bonds is 4. The third kappa shape index (κ3) is 3.58. The number of hydrogen-bond acceptors (Lipinski definition) is 4. The van der Waals surface area contributed by atoms with Crippen molar-refractivity contribution in [1.82, 2.24) is 19.9 Å². The lowest BCUT2D eigenvalue weighted by Gasteiger charge is -2.28. The molecule has 1 saturated heterocycles. The number of thiazole rings is 1. The van der Waals surface area contributed by atoms with Crippen LogP contribution in [0.1, 0.15) is 23.5 Å². The Morgan fingerprint density at radius 3 is 2.55 bits per heavy atom. The molecule has 0 saturated carbocycles. The summed E-state index contributed by atoms with van der Waals surface area (Å²) in [6, 6.07) is 25.8. The van der Waals surface area contributed by atoms with Crippen molar-refractivity contribution in [1.29, 1.82) is 0 Å². The number of benzene rings is 2. The minimum atomic E-state index is -0.129. The fourth-order valence-corrected chi connectivity index (χ4v) is 5.75. The van der Waals surface area contributed by atoms with E-state index in [1.165, 1.54) is 0 Å². The van der Waals surface area contributed by atoms with Crippen LogP contribution in [0.5, 0.6) is 0 Å². The summed E-state index contributed by atoms with van der Waals surface area (Å²) in [5.41, 5.74) is 3.97. The molecule has 0 bridgehead atoms. The van der Waals surface area contributed by atoms with Gasteiger partial charge in [0.1, 0.15) is 6.04 Å². The molecule has 4 heterocycles. The highest BCUT2D eigenvalue weighted by atomic mass is 35.5. The molecule has 5 nitrogen and oxygen atoms in total. The molecule has 33 heavy (non-hydrogen) atoms. The summed E-state index contributed by atoms with van der Waals surface area (Å²) in [6.45, 7) is 0. The summed E-state index contributed by atoms with van der Waals surface area (Å²) in [7, 11) is 0. The molecule has 2 atom stereocenters. The molecule has 6 rings (SSSR count). The second-order valence-electron chi connectivity index (χ2n) is 7.74. The molecule has 162 valence electrons. The van der Waals surface area contributed by atoms with E-state index in [1.807, 2.05) is 66.9 Å². The lowest BCUT2D eigenvalue weighted by atomic mass is 10.0. The topological polar surface area (TPSA) is 46.0 Å². The van der Waals surface area contributed by atoms with Gasteiger partial charge in [-0.15, -0.1) is 0 Å². The van der Waals surface area contributed by atoms with Gasteiger partial charge in [-0.05, 0) is 72.9 Å². The number of nitrogens with zero attached hydrogens (tertiary/aromatic N) is 4. The molecular formula is C25H18ClN5S2. The van der Waals surface area contributed by atoms with Gasteiger partial charge in [0, 0.05) is 23.1 Å². The van der Waals surface area contributed by atoms with Crippen molar-refractivity contribution in [2.24, 2.45) is 0 Å². The molecule has 1 aliphatic rings. The first-order valence-electron chi connectivity index (χ1n) is 10.5. The van der Waals surface area contributed by atoms with Crippen molar-refractivity contribution in [3.8, 4) is 5.13 Å². The molecule has 1 aliphatic heterocycles. The van der Waals surface area contributed by atoms with Crippen molar-refractivity contribution in [2.75, 3.05) is 4.90 Å². The molecule has 0 aliphatic carbocycles. The number of halogens is 1. The average Bonchev–Trinajstić information content (AvgIpc) is 3.56. The molecule has 3 aromatic heterocycles. The van der Waals surface area contributed by atoms with Gasteiger partial charge in [-0.1, -0.05) is 41.1 Å². The number of thiocarbonyl (C=S) groups is 1. The van der Waals surface area contributed by atoms with Gasteiger partial charge in [0.15, 0.2) is 10.2 Å². The largest absolute Gasteiger partial charge is 0.351 e. The van der Waals surface area contributed by atoms with E-state index in [0.29, 0.717) is 10.1 Å². The Morgan fingerprint density at radius 2 is 1.76 bits per heavy atom. The Kier molecular flexibility index (Phi) is 5.10. The number of pyridine rings is 1. The fourth-order valence-electron chi connectivity index (χ4n) is 4.31. The number of nitrogens with one attached hydrogen (secondary N) is 1. The third-order valence-corrected chi connectivity index (χ3v) is 7.38. The van der Waals surface area contributed by atoms with Crippen molar-refractivity contribution in [3.05, 3.63) is 108 Å². The Bertz CT molecular complexity index is 1410. The van der Waals surface area contributed by atoms with Crippen LogP contribution in [0.4, 0.5) is 5.69 Å². The molecule has 0 radical (unpaired) electrons. The van der Waals surface area contributed by atoms with Crippen LogP contribution in [0.2, 0.25) is 5.02 Å². The van der Waals surface area contributed by atoms with Crippen molar-refractivity contribution in [3.63, 3.8) is 0 Å². The highest BCUT2D eigenvalue weighted by Crippen LogP contribution is 2.42. The summed E-state index contributed by atoms with van der Waals surface area (Å²) in [6.07, 6.45) is 3.87. The Morgan fingerprint density at radius 1 is 0.939 bits per heavy atom. The van der Waals surface area contributed by atoms with Crippen LogP contribution < -0.4 is 10.2 Å². The predicted molar refractivity (Wildman–Crippen MR) is 138 cm³/mol. The van der Waals surface area contributed by atoms with Gasteiger partial charge in [-0.3, -0.25) is 9.55 Å². The Hall–Kier alpha value is -3.26. The van der Waals surface area contributed by atoms with Crippen LogP contribution in [0.25, 0.3) is 15.3 Å². The lowest BCUT2D eigenvalue weighted by Crippen LogP contribution is -2.30. The van der Waals surface area contributed by atoms with E-state index in [9.17, 15) is 0 Å². The number of fused-ring (bicyclic) bond motifs is 1. The molecule has 2 aromatic carbocycles. The number of anilines is 1. The molecule has 8 heteroatoms. The second kappa shape index (κ2) is 8.26. The van der Waals surface area contributed by atoms with Crippen LogP contribution in [-0.4, -0.2) is 19.6 Å². The molecule has 0 unspecified atom stereocenters. The maximum atomic E-state index is 6.17. The molecule has 0 spiro atoms. The molecule has 5 aromatic rings. The molecule has 1 N–H and O–H groups in total. The normalized spacial score (nSPS) is 18.1. The van der Waals surface area contributed by atoms with Crippen molar-refractivity contribution >= 4 is 56.2 Å². The number of para-hydroxylation sites is 1. The van der Waals surface area contributed by atoms with Gasteiger partial charge < -0.3 is 10.2 Å². The summed E-state index contributed by atoms with van der Waals surface area (Å²) < 4.78 is 3.31. The van der Waals surface area contributed by atoms with Crippen molar-refractivity contribution in [2.45, 2.75) is 12.1 Å². The maximum absolute atomic E-state index is 6.17. The van der Waals surface area contributed by atoms with Crippen LogP contribution in [0, 0.1) is 0 Å². The van der Waals surface area contributed by atoms with Gasteiger partial charge in [0.25, 0.3) is 0 Å². The zero-order chi connectivity index (χ0) is 22.4. The minimum absolute atomic E-state index is 0.127. The number of hydrogen-bond donors (Lipinski definition) is 1. The van der Waals surface area contributed by atoms with Crippen LogP contribution in [0.15, 0.2) is 91.3 Å². The second-order valence-corrected chi connectivity index (χ2v) is 9.57. The summed E-state index contributed by atoms with van der Waals surface area (Å²) in [5.74, 6) is 0. The first-order chi connectivity index (χ1) is 16.2. The predicted octanol–water partition coefficient (Wildman–Crippen LogP) is 6.31. The van der Waals surface area contributed by atoms with Crippen LogP contribution in [0.3, 0.4) is 0 Å². The zero-order valence-electron chi connectivity index (χ0n) is 17.3. The fraction of sp³-hybridized carbons (Fsp3) is 0.0800. The van der Waals surface area contributed by atoms with E-state index in [0.717, 1.165) is 32.4 Å². The highest BCUT2D eigenvalue weighted by Gasteiger charge is 2.42. The van der Waals surface area contributed by atoms with Gasteiger partial charge >= 0.3 is 0 Å². The third-order valence-electron chi connectivity index (χ3n) is 5.77. The van der Waals surface area contributed by atoms with E-state index in [4.69, 9.17) is 28.8 Å². The molecule has 0 amide bonds. The van der Waals surface area contributed by atoms with Gasteiger partial charge in [-0.2, -0.15) is 0 Å². The monoisotopic (exact) mass is 487 g/mol. The smallest absolute Gasteiger partial charge is 0.194 e. The summed E-state index contributed by atoms with van der Waals surface area (Å²) >= 11 is 13.7. The summed E-state index contributed by atoms with van der Waals surface area (Å²) in [4.78, 5) is 11.7. The van der Waals surface area contributed by atoms with Gasteiger partial charge in [0.2, 0.25) is 0 Å². The summed E-state index contributed by atoms with van der Waals surface area (Å²) in [5, 5.41) is 5.77. The maximum Gasteiger partial charge on any atom is 0.194 e. The SMILES string of the molecule is S=C1N[C@@H](c2ccccn2)[C@H](c2cccn2-c2nc3ccccc3s2)N1c1ccc(Cl)cc1. The minimum Gasteiger partial charge on any atom is -0.351 e. The quantitative estimate of drug-likeness (QED) is 0.301.